The molecule has 0 bridgehead atoms. The van der Waals surface area contributed by atoms with Crippen molar-refractivity contribution in [1.29, 1.82) is 0 Å². The Bertz CT molecular complexity index is 552. The summed E-state index contributed by atoms with van der Waals surface area (Å²) in [5, 5.41) is 0. The van der Waals surface area contributed by atoms with E-state index in [2.05, 4.69) is 0 Å². The van der Waals surface area contributed by atoms with Crippen molar-refractivity contribution >= 4 is 5.91 Å². The summed E-state index contributed by atoms with van der Waals surface area (Å²) >= 11 is 0. The molecule has 1 fully saturated rings. The number of rotatable bonds is 8. The summed E-state index contributed by atoms with van der Waals surface area (Å²) in [6, 6.07) is 3.88. The van der Waals surface area contributed by atoms with Crippen LogP contribution in [-0.2, 0) is 0 Å². The molecule has 1 aliphatic rings. The zero-order valence-electron chi connectivity index (χ0n) is 16.7. The van der Waals surface area contributed by atoms with Crippen molar-refractivity contribution in [1.82, 2.24) is 4.90 Å². The predicted octanol–water partition coefficient (Wildman–Crippen LogP) is 4.68. The van der Waals surface area contributed by atoms with Gasteiger partial charge in [-0.05, 0) is 45.7 Å². The van der Waals surface area contributed by atoms with Crippen LogP contribution in [0, 0.1) is 0 Å². The van der Waals surface area contributed by atoms with Gasteiger partial charge in [0.15, 0.2) is 11.5 Å². The Labute approximate surface area is 157 Å². The Morgan fingerprint density at radius 1 is 0.923 bits per heavy atom. The molecule has 1 amide bonds. The predicted molar refractivity (Wildman–Crippen MR) is 104 cm³/mol. The van der Waals surface area contributed by atoms with Crippen molar-refractivity contribution < 1.29 is 19.0 Å². The first-order chi connectivity index (χ1) is 12.6. The summed E-state index contributed by atoms with van der Waals surface area (Å²) in [6.07, 6.45) is 7.08. The number of ether oxygens (including phenoxy) is 3. The number of hydrogen-bond donors (Lipinski definition) is 0. The molecular formula is C21H33NO4. The summed E-state index contributed by atoms with van der Waals surface area (Å²) in [7, 11) is 1.91. The highest BCUT2D eigenvalue weighted by Crippen LogP contribution is 2.39. The van der Waals surface area contributed by atoms with Crippen LogP contribution in [0.25, 0.3) is 0 Å². The summed E-state index contributed by atoms with van der Waals surface area (Å²) in [6.45, 7) is 7.27. The van der Waals surface area contributed by atoms with Crippen molar-refractivity contribution in [2.24, 2.45) is 0 Å². The van der Waals surface area contributed by atoms with Crippen LogP contribution < -0.4 is 14.2 Å². The van der Waals surface area contributed by atoms with E-state index in [1.54, 1.807) is 12.1 Å². The zero-order chi connectivity index (χ0) is 18.9. The van der Waals surface area contributed by atoms with Gasteiger partial charge < -0.3 is 19.1 Å². The van der Waals surface area contributed by atoms with Crippen molar-refractivity contribution in [3.8, 4) is 17.2 Å². The van der Waals surface area contributed by atoms with Crippen molar-refractivity contribution in [3.63, 3.8) is 0 Å². The molecule has 26 heavy (non-hydrogen) atoms. The number of hydrogen-bond acceptors (Lipinski definition) is 4. The lowest BCUT2D eigenvalue weighted by molar-refractivity contribution is 0.0716. The Morgan fingerprint density at radius 3 is 1.88 bits per heavy atom. The van der Waals surface area contributed by atoms with E-state index in [4.69, 9.17) is 14.2 Å². The first-order valence-electron chi connectivity index (χ1n) is 9.95. The van der Waals surface area contributed by atoms with Gasteiger partial charge in [-0.3, -0.25) is 4.79 Å². The Hall–Kier alpha value is -1.91. The van der Waals surface area contributed by atoms with Gasteiger partial charge in [-0.15, -0.1) is 0 Å². The summed E-state index contributed by atoms with van der Waals surface area (Å²) in [5.74, 6) is 1.72. The molecule has 2 rings (SSSR count). The highest BCUT2D eigenvalue weighted by atomic mass is 16.5. The molecule has 0 N–H and O–H groups in total. The molecule has 0 heterocycles. The number of benzene rings is 1. The van der Waals surface area contributed by atoms with Crippen LogP contribution in [0.2, 0.25) is 0 Å². The monoisotopic (exact) mass is 363 g/mol. The van der Waals surface area contributed by atoms with Crippen LogP contribution in [0.3, 0.4) is 0 Å². The molecule has 0 unspecified atom stereocenters. The molecule has 0 aliphatic heterocycles. The Kier molecular flexibility index (Phi) is 8.07. The van der Waals surface area contributed by atoms with E-state index in [0.717, 1.165) is 12.8 Å². The molecule has 0 radical (unpaired) electrons. The van der Waals surface area contributed by atoms with Crippen molar-refractivity contribution in [2.75, 3.05) is 26.9 Å². The first-order valence-corrected chi connectivity index (χ1v) is 9.95. The van der Waals surface area contributed by atoms with Crippen LogP contribution in [0.1, 0.15) is 69.7 Å². The van der Waals surface area contributed by atoms with E-state index in [-0.39, 0.29) is 5.91 Å². The van der Waals surface area contributed by atoms with Gasteiger partial charge in [0.25, 0.3) is 5.91 Å². The van der Waals surface area contributed by atoms with E-state index >= 15 is 0 Å². The van der Waals surface area contributed by atoms with Gasteiger partial charge in [0.1, 0.15) is 0 Å². The van der Waals surface area contributed by atoms with Crippen LogP contribution in [0.5, 0.6) is 17.2 Å². The average Bonchev–Trinajstić information content (AvgIpc) is 2.92. The van der Waals surface area contributed by atoms with E-state index in [1.807, 2.05) is 32.7 Å². The maximum atomic E-state index is 13.1. The van der Waals surface area contributed by atoms with Crippen LogP contribution >= 0.6 is 0 Å². The maximum absolute atomic E-state index is 13.1. The lowest BCUT2D eigenvalue weighted by Gasteiger charge is -2.28. The maximum Gasteiger partial charge on any atom is 0.254 e. The Balaban J connectivity index is 2.32. The second-order valence-corrected chi connectivity index (χ2v) is 6.66. The van der Waals surface area contributed by atoms with Crippen molar-refractivity contribution in [3.05, 3.63) is 17.7 Å². The van der Waals surface area contributed by atoms with Crippen LogP contribution in [0.15, 0.2) is 12.1 Å². The fourth-order valence-corrected chi connectivity index (χ4v) is 3.53. The average molecular weight is 363 g/mol. The topological polar surface area (TPSA) is 48.0 Å². The molecule has 0 aromatic heterocycles. The van der Waals surface area contributed by atoms with Crippen molar-refractivity contribution in [2.45, 2.75) is 65.3 Å². The van der Waals surface area contributed by atoms with Crippen LogP contribution in [0.4, 0.5) is 0 Å². The standard InChI is InChI=1S/C21H33NO4/c1-5-24-18-14-16(15-19(25-6-2)20(18)26-7-3)21(23)22(4)17-12-10-8-9-11-13-17/h14-15,17H,5-13H2,1-4H3. The second-order valence-electron chi connectivity index (χ2n) is 6.66. The molecule has 1 saturated carbocycles. The molecule has 5 nitrogen and oxygen atoms in total. The van der Waals surface area contributed by atoms with Gasteiger partial charge in [0.05, 0.1) is 19.8 Å². The second kappa shape index (κ2) is 10.3. The minimum Gasteiger partial charge on any atom is -0.490 e. The third-order valence-electron chi connectivity index (χ3n) is 4.85. The minimum atomic E-state index is 0.0156. The third-order valence-corrected chi connectivity index (χ3v) is 4.85. The molecule has 146 valence electrons. The molecule has 5 heteroatoms. The molecule has 1 aromatic rings. The third kappa shape index (κ3) is 5.05. The van der Waals surface area contributed by atoms with Gasteiger partial charge in [-0.25, -0.2) is 0 Å². The summed E-state index contributed by atoms with van der Waals surface area (Å²) in [4.78, 5) is 15.0. The highest BCUT2D eigenvalue weighted by molar-refractivity contribution is 5.95. The zero-order valence-corrected chi connectivity index (χ0v) is 16.7. The van der Waals surface area contributed by atoms with E-state index in [0.29, 0.717) is 48.7 Å². The molecule has 0 spiro atoms. The van der Waals surface area contributed by atoms with Gasteiger partial charge in [0, 0.05) is 18.7 Å². The Morgan fingerprint density at radius 2 is 1.42 bits per heavy atom. The molecule has 0 atom stereocenters. The molecule has 1 aromatic carbocycles. The largest absolute Gasteiger partial charge is 0.490 e. The van der Waals surface area contributed by atoms with Gasteiger partial charge >= 0.3 is 0 Å². The van der Waals surface area contributed by atoms with Crippen LogP contribution in [-0.4, -0.2) is 43.7 Å². The van der Waals surface area contributed by atoms with Gasteiger partial charge in [-0.2, -0.15) is 0 Å². The molecular weight excluding hydrogens is 330 g/mol. The number of amides is 1. The summed E-state index contributed by atoms with van der Waals surface area (Å²) in [5.41, 5.74) is 0.590. The molecule has 0 saturated heterocycles. The number of nitrogens with zero attached hydrogens (tertiary/aromatic N) is 1. The SMILES string of the molecule is CCOc1cc(C(=O)N(C)C2CCCCCC2)cc(OCC)c1OCC. The smallest absolute Gasteiger partial charge is 0.254 e. The van der Waals surface area contributed by atoms with Gasteiger partial charge in [-0.1, -0.05) is 25.7 Å². The minimum absolute atomic E-state index is 0.0156. The van der Waals surface area contributed by atoms with E-state index < -0.39 is 0 Å². The fourth-order valence-electron chi connectivity index (χ4n) is 3.53. The molecule has 1 aliphatic carbocycles. The number of carbonyl (C=O) groups is 1. The first kappa shape index (κ1) is 20.4. The van der Waals surface area contributed by atoms with E-state index in [1.165, 1.54) is 25.7 Å². The van der Waals surface area contributed by atoms with E-state index in [9.17, 15) is 4.79 Å². The lowest BCUT2D eigenvalue weighted by Crippen LogP contribution is -2.36. The quantitative estimate of drug-likeness (QED) is 0.629. The normalized spacial score (nSPS) is 15.2. The fraction of sp³-hybridized carbons (Fsp3) is 0.667. The summed E-state index contributed by atoms with van der Waals surface area (Å²) < 4.78 is 17.2. The number of carbonyl (C=O) groups excluding carboxylic acids is 1. The van der Waals surface area contributed by atoms with Gasteiger partial charge in [0.2, 0.25) is 5.75 Å². The highest BCUT2D eigenvalue weighted by Gasteiger charge is 2.25. The lowest BCUT2D eigenvalue weighted by atomic mass is 10.1.